The lowest BCUT2D eigenvalue weighted by Crippen LogP contribution is -2.31. The Morgan fingerprint density at radius 2 is 1.68 bits per heavy atom. The summed E-state index contributed by atoms with van der Waals surface area (Å²) in [5.74, 6) is 0.249. The van der Waals surface area contributed by atoms with Gasteiger partial charge in [0.1, 0.15) is 19.0 Å². The van der Waals surface area contributed by atoms with Crippen LogP contribution in [0.4, 0.5) is 10.5 Å². The summed E-state index contributed by atoms with van der Waals surface area (Å²) >= 11 is 5.77. The van der Waals surface area contributed by atoms with Crippen LogP contribution in [0.25, 0.3) is 0 Å². The van der Waals surface area contributed by atoms with Crippen LogP contribution in [0.5, 0.6) is 5.75 Å². The Bertz CT molecular complexity index is 677. The van der Waals surface area contributed by atoms with Gasteiger partial charge in [-0.25, -0.2) is 4.79 Å². The van der Waals surface area contributed by atoms with E-state index in [-0.39, 0.29) is 32.2 Å². The monoisotopic (exact) mass is 362 g/mol. The van der Waals surface area contributed by atoms with Gasteiger partial charge in [-0.1, -0.05) is 29.8 Å². The number of carbonyl (C=O) groups excluding carboxylic acids is 2. The highest BCUT2D eigenvalue weighted by Gasteiger charge is 2.05. The number of benzene rings is 2. The van der Waals surface area contributed by atoms with Crippen molar-refractivity contribution in [1.82, 2.24) is 5.32 Å². The van der Waals surface area contributed by atoms with Gasteiger partial charge in [-0.15, -0.1) is 0 Å². The first kappa shape index (κ1) is 18.6. The highest BCUT2D eigenvalue weighted by atomic mass is 35.5. The highest BCUT2D eigenvalue weighted by molar-refractivity contribution is 6.30. The lowest BCUT2D eigenvalue weighted by molar-refractivity contribution is -0.144. The fourth-order valence-electron chi connectivity index (χ4n) is 1.89. The first-order valence-corrected chi connectivity index (χ1v) is 8.15. The molecule has 0 bridgehead atoms. The molecule has 0 unspecified atom stereocenters. The SMILES string of the molecule is O=C(NCCC(=O)OCCOc1ccc(Cl)cc1)Nc1ccccc1. The molecule has 7 heteroatoms. The molecule has 0 saturated carbocycles. The largest absolute Gasteiger partial charge is 0.490 e. The van der Waals surface area contributed by atoms with Crippen LogP contribution in [0.2, 0.25) is 5.02 Å². The van der Waals surface area contributed by atoms with Gasteiger partial charge in [-0.05, 0) is 36.4 Å². The summed E-state index contributed by atoms with van der Waals surface area (Å²) in [6.45, 7) is 0.572. The maximum Gasteiger partial charge on any atom is 0.319 e. The van der Waals surface area contributed by atoms with E-state index in [1.807, 2.05) is 18.2 Å². The van der Waals surface area contributed by atoms with Crippen LogP contribution in [0.3, 0.4) is 0 Å². The van der Waals surface area contributed by atoms with Gasteiger partial charge in [0.2, 0.25) is 0 Å². The number of rotatable bonds is 8. The number of hydrogen-bond acceptors (Lipinski definition) is 4. The maximum absolute atomic E-state index is 11.6. The summed E-state index contributed by atoms with van der Waals surface area (Å²) in [5, 5.41) is 5.87. The van der Waals surface area contributed by atoms with Gasteiger partial charge >= 0.3 is 12.0 Å². The number of halogens is 1. The zero-order chi connectivity index (χ0) is 17.9. The topological polar surface area (TPSA) is 76.7 Å². The molecule has 0 heterocycles. The molecular weight excluding hydrogens is 344 g/mol. The van der Waals surface area contributed by atoms with Gasteiger partial charge in [0, 0.05) is 17.3 Å². The second-order valence-corrected chi connectivity index (χ2v) is 5.46. The zero-order valence-corrected chi connectivity index (χ0v) is 14.3. The fourth-order valence-corrected chi connectivity index (χ4v) is 2.02. The smallest absolute Gasteiger partial charge is 0.319 e. The summed E-state index contributed by atoms with van der Waals surface area (Å²) in [7, 11) is 0. The van der Waals surface area contributed by atoms with Crippen molar-refractivity contribution in [2.75, 3.05) is 25.1 Å². The predicted molar refractivity (Wildman–Crippen MR) is 96.0 cm³/mol. The van der Waals surface area contributed by atoms with Crippen molar-refractivity contribution in [1.29, 1.82) is 0 Å². The molecule has 2 N–H and O–H groups in total. The lowest BCUT2D eigenvalue weighted by Gasteiger charge is -2.09. The Hall–Kier alpha value is -2.73. The van der Waals surface area contributed by atoms with Gasteiger partial charge in [0.15, 0.2) is 0 Å². The predicted octanol–water partition coefficient (Wildman–Crippen LogP) is 3.47. The first-order chi connectivity index (χ1) is 12.1. The molecule has 132 valence electrons. The molecule has 0 aliphatic rings. The van der Waals surface area contributed by atoms with Crippen molar-refractivity contribution in [2.24, 2.45) is 0 Å². The van der Waals surface area contributed by atoms with E-state index in [2.05, 4.69) is 10.6 Å². The van der Waals surface area contributed by atoms with E-state index >= 15 is 0 Å². The van der Waals surface area contributed by atoms with Crippen LogP contribution < -0.4 is 15.4 Å². The molecular formula is C18H19ClN2O4. The Morgan fingerprint density at radius 1 is 0.960 bits per heavy atom. The van der Waals surface area contributed by atoms with Crippen molar-refractivity contribution in [3.63, 3.8) is 0 Å². The second kappa shape index (κ2) is 10.2. The molecule has 6 nitrogen and oxygen atoms in total. The average molecular weight is 363 g/mol. The van der Waals surface area contributed by atoms with E-state index in [0.717, 1.165) is 0 Å². The van der Waals surface area contributed by atoms with Crippen molar-refractivity contribution in [2.45, 2.75) is 6.42 Å². The van der Waals surface area contributed by atoms with E-state index < -0.39 is 5.97 Å². The Morgan fingerprint density at radius 3 is 2.40 bits per heavy atom. The van der Waals surface area contributed by atoms with Crippen molar-refractivity contribution in [3.8, 4) is 5.75 Å². The number of hydrogen-bond donors (Lipinski definition) is 2. The van der Waals surface area contributed by atoms with Crippen LogP contribution in [-0.4, -0.2) is 31.8 Å². The third kappa shape index (κ3) is 7.58. The van der Waals surface area contributed by atoms with Gasteiger partial charge in [0.25, 0.3) is 0 Å². The Kier molecular flexibility index (Phi) is 7.59. The van der Waals surface area contributed by atoms with Crippen molar-refractivity contribution in [3.05, 3.63) is 59.6 Å². The zero-order valence-electron chi connectivity index (χ0n) is 13.5. The minimum atomic E-state index is -0.403. The number of urea groups is 1. The normalized spacial score (nSPS) is 9.96. The van der Waals surface area contributed by atoms with Gasteiger partial charge in [-0.2, -0.15) is 0 Å². The lowest BCUT2D eigenvalue weighted by atomic mass is 10.3. The van der Waals surface area contributed by atoms with Crippen molar-refractivity contribution < 1.29 is 19.1 Å². The van der Waals surface area contributed by atoms with Crippen LogP contribution in [0, 0.1) is 0 Å². The molecule has 0 radical (unpaired) electrons. The summed E-state index contributed by atoms with van der Waals surface area (Å²) in [6.07, 6.45) is 0.0865. The highest BCUT2D eigenvalue weighted by Crippen LogP contribution is 2.15. The average Bonchev–Trinajstić information content (AvgIpc) is 2.61. The molecule has 0 aliphatic carbocycles. The molecule has 0 aliphatic heterocycles. The van der Waals surface area contributed by atoms with Crippen molar-refractivity contribution >= 4 is 29.3 Å². The van der Waals surface area contributed by atoms with Crippen LogP contribution in [0.1, 0.15) is 6.42 Å². The summed E-state index contributed by atoms with van der Waals surface area (Å²) in [4.78, 5) is 23.2. The standard InChI is InChI=1S/C18H19ClN2O4/c19-14-6-8-16(9-7-14)24-12-13-25-17(22)10-11-20-18(23)21-15-4-2-1-3-5-15/h1-9H,10-13H2,(H2,20,21,23). The van der Waals surface area contributed by atoms with E-state index in [1.165, 1.54) is 0 Å². The summed E-state index contributed by atoms with van der Waals surface area (Å²) < 4.78 is 10.4. The molecule has 0 spiro atoms. The molecule has 0 aromatic heterocycles. The number of ether oxygens (including phenoxy) is 2. The van der Waals surface area contributed by atoms with E-state index in [1.54, 1.807) is 36.4 Å². The molecule has 2 amide bonds. The van der Waals surface area contributed by atoms with Gasteiger partial charge in [-0.3, -0.25) is 4.79 Å². The second-order valence-electron chi connectivity index (χ2n) is 5.02. The van der Waals surface area contributed by atoms with E-state index in [0.29, 0.717) is 16.5 Å². The fraction of sp³-hybridized carbons (Fsp3) is 0.222. The molecule has 0 atom stereocenters. The number of para-hydroxylation sites is 1. The van der Waals surface area contributed by atoms with Gasteiger partial charge in [0.05, 0.1) is 6.42 Å². The molecule has 0 saturated heterocycles. The third-order valence-electron chi connectivity index (χ3n) is 3.08. The van der Waals surface area contributed by atoms with E-state index in [9.17, 15) is 9.59 Å². The Balaban J connectivity index is 1.53. The molecule has 25 heavy (non-hydrogen) atoms. The quantitative estimate of drug-likeness (QED) is 0.557. The molecule has 2 aromatic rings. The Labute approximate surface area is 151 Å². The minimum absolute atomic E-state index is 0.0865. The van der Waals surface area contributed by atoms with E-state index in [4.69, 9.17) is 21.1 Å². The summed E-state index contributed by atoms with van der Waals surface area (Å²) in [5.41, 5.74) is 0.682. The van der Waals surface area contributed by atoms with Crippen LogP contribution >= 0.6 is 11.6 Å². The van der Waals surface area contributed by atoms with Gasteiger partial charge < -0.3 is 20.1 Å². The third-order valence-corrected chi connectivity index (χ3v) is 3.33. The molecule has 2 rings (SSSR count). The maximum atomic E-state index is 11.6. The van der Waals surface area contributed by atoms with Crippen LogP contribution in [0.15, 0.2) is 54.6 Å². The number of carbonyl (C=O) groups is 2. The molecule has 2 aromatic carbocycles. The number of esters is 1. The number of anilines is 1. The minimum Gasteiger partial charge on any atom is -0.490 e. The van der Waals surface area contributed by atoms with Crippen LogP contribution in [-0.2, 0) is 9.53 Å². The summed E-state index contributed by atoms with van der Waals surface area (Å²) in [6, 6.07) is 15.6. The first-order valence-electron chi connectivity index (χ1n) is 7.77. The number of nitrogens with one attached hydrogen (secondary N) is 2. The molecule has 0 fully saturated rings. The number of amides is 2.